The van der Waals surface area contributed by atoms with E-state index < -0.39 is 0 Å². The fourth-order valence-corrected chi connectivity index (χ4v) is 4.56. The average molecular weight is 361 g/mol. The first-order chi connectivity index (χ1) is 12.9. The van der Waals surface area contributed by atoms with Crippen LogP contribution in [0.4, 0.5) is 0 Å². The van der Waals surface area contributed by atoms with Crippen LogP contribution in [0.5, 0.6) is 0 Å². The molecule has 4 aromatic rings. The minimum Gasteiger partial charge on any atom is -0.338 e. The number of benzene rings is 2. The fraction of sp³-hybridized carbons (Fsp3) is 0.238. The smallest absolute Gasteiger partial charge is 0.241 e. The van der Waals surface area contributed by atoms with Crippen LogP contribution in [0.2, 0.25) is 0 Å². The Labute approximate surface area is 156 Å². The van der Waals surface area contributed by atoms with E-state index in [4.69, 9.17) is 4.52 Å². The van der Waals surface area contributed by atoms with Crippen molar-refractivity contribution in [2.75, 3.05) is 6.54 Å². The lowest BCUT2D eigenvalue weighted by Gasteiger charge is -2.24. The molecule has 0 amide bonds. The molecule has 4 nitrogen and oxygen atoms in total. The predicted molar refractivity (Wildman–Crippen MR) is 104 cm³/mol. The van der Waals surface area contributed by atoms with Gasteiger partial charge in [-0.15, -0.1) is 11.3 Å². The summed E-state index contributed by atoms with van der Waals surface area (Å²) in [6.45, 7) is 1.76. The molecule has 5 heteroatoms. The highest BCUT2D eigenvalue weighted by Crippen LogP contribution is 2.36. The number of rotatable bonds is 4. The van der Waals surface area contributed by atoms with Crippen LogP contribution < -0.4 is 0 Å². The second-order valence-electron chi connectivity index (χ2n) is 6.69. The number of fused-ring (bicyclic) bond motifs is 1. The Morgan fingerprint density at radius 2 is 2.00 bits per heavy atom. The van der Waals surface area contributed by atoms with Crippen molar-refractivity contribution >= 4 is 22.1 Å². The van der Waals surface area contributed by atoms with Crippen LogP contribution in [0.25, 0.3) is 21.5 Å². The first kappa shape index (κ1) is 15.7. The van der Waals surface area contributed by atoms with Crippen molar-refractivity contribution < 1.29 is 4.52 Å². The lowest BCUT2D eigenvalue weighted by Crippen LogP contribution is -2.23. The van der Waals surface area contributed by atoms with E-state index in [9.17, 15) is 0 Å². The second-order valence-corrected chi connectivity index (χ2v) is 7.63. The van der Waals surface area contributed by atoms with E-state index in [0.717, 1.165) is 11.4 Å². The number of likely N-dealkylation sites (tertiary alicyclic amines) is 1. The monoisotopic (exact) mass is 361 g/mol. The van der Waals surface area contributed by atoms with Gasteiger partial charge in [0, 0.05) is 6.04 Å². The van der Waals surface area contributed by atoms with Crippen LogP contribution in [0, 0.1) is 0 Å². The molecule has 2 aromatic carbocycles. The highest BCUT2D eigenvalue weighted by molar-refractivity contribution is 7.13. The van der Waals surface area contributed by atoms with Gasteiger partial charge in [0.1, 0.15) is 0 Å². The second kappa shape index (κ2) is 6.67. The number of aromatic nitrogens is 2. The van der Waals surface area contributed by atoms with Crippen molar-refractivity contribution in [3.05, 3.63) is 71.4 Å². The van der Waals surface area contributed by atoms with E-state index in [1.165, 1.54) is 29.2 Å². The summed E-state index contributed by atoms with van der Waals surface area (Å²) < 4.78 is 5.53. The fourth-order valence-electron chi connectivity index (χ4n) is 3.91. The van der Waals surface area contributed by atoms with Crippen molar-refractivity contribution in [2.24, 2.45) is 0 Å². The molecule has 0 saturated carbocycles. The summed E-state index contributed by atoms with van der Waals surface area (Å²) in [5.41, 5.74) is 1.40. The minimum atomic E-state index is 0.401. The summed E-state index contributed by atoms with van der Waals surface area (Å²) in [5.74, 6) is 1.39. The van der Waals surface area contributed by atoms with Crippen molar-refractivity contribution in [3.8, 4) is 10.7 Å². The standard InChI is InChI=1S/C21H19N3OS/c1-2-8-16-15(6-1)7-3-9-17(16)18-10-4-12-24(18)14-20-22-21(23-25-20)19-11-5-13-26-19/h1-3,5-9,11,13,18H,4,10,12,14H2/t18-/m0/s1. The zero-order chi connectivity index (χ0) is 17.3. The maximum absolute atomic E-state index is 5.53. The third kappa shape index (κ3) is 2.83. The third-order valence-electron chi connectivity index (χ3n) is 5.09. The predicted octanol–water partition coefficient (Wildman–Crippen LogP) is 5.29. The number of thiophene rings is 1. The van der Waals surface area contributed by atoms with Crippen molar-refractivity contribution in [1.82, 2.24) is 15.0 Å². The molecule has 1 aliphatic rings. The molecule has 130 valence electrons. The highest BCUT2D eigenvalue weighted by Gasteiger charge is 2.28. The van der Waals surface area contributed by atoms with E-state index >= 15 is 0 Å². The molecule has 1 fully saturated rings. The van der Waals surface area contributed by atoms with Gasteiger partial charge in [-0.2, -0.15) is 4.98 Å². The van der Waals surface area contributed by atoms with Crippen LogP contribution in [-0.4, -0.2) is 21.6 Å². The molecular weight excluding hydrogens is 342 g/mol. The van der Waals surface area contributed by atoms with Crippen LogP contribution in [-0.2, 0) is 6.54 Å². The van der Waals surface area contributed by atoms with Gasteiger partial charge >= 0.3 is 0 Å². The molecular formula is C21H19N3OS. The third-order valence-corrected chi connectivity index (χ3v) is 5.96. The zero-order valence-electron chi connectivity index (χ0n) is 14.3. The van der Waals surface area contributed by atoms with Crippen LogP contribution in [0.1, 0.15) is 30.3 Å². The van der Waals surface area contributed by atoms with Crippen LogP contribution in [0.3, 0.4) is 0 Å². The largest absolute Gasteiger partial charge is 0.338 e. The van der Waals surface area contributed by atoms with E-state index in [1.54, 1.807) is 11.3 Å². The van der Waals surface area contributed by atoms with Gasteiger partial charge in [0.25, 0.3) is 0 Å². The molecule has 5 rings (SSSR count). The Bertz CT molecular complexity index is 1020. The summed E-state index contributed by atoms with van der Waals surface area (Å²) in [6, 6.07) is 19.7. The minimum absolute atomic E-state index is 0.401. The molecule has 0 unspecified atom stereocenters. The lowest BCUT2D eigenvalue weighted by atomic mass is 9.97. The summed E-state index contributed by atoms with van der Waals surface area (Å²) in [7, 11) is 0. The number of hydrogen-bond acceptors (Lipinski definition) is 5. The molecule has 0 aliphatic carbocycles. The molecule has 2 aromatic heterocycles. The zero-order valence-corrected chi connectivity index (χ0v) is 15.2. The van der Waals surface area contributed by atoms with Crippen molar-refractivity contribution in [3.63, 3.8) is 0 Å². The van der Waals surface area contributed by atoms with Crippen LogP contribution in [0.15, 0.2) is 64.5 Å². The Balaban J connectivity index is 1.42. The maximum Gasteiger partial charge on any atom is 0.241 e. The molecule has 1 atom stereocenters. The average Bonchev–Trinajstić information content (AvgIpc) is 3.43. The molecule has 1 aliphatic heterocycles. The SMILES string of the molecule is c1csc(-c2noc(CN3CCC[C@H]3c3cccc4ccccc34)n2)c1. The molecule has 0 radical (unpaired) electrons. The first-order valence-corrected chi connectivity index (χ1v) is 9.84. The molecule has 26 heavy (non-hydrogen) atoms. The van der Waals surface area contributed by atoms with E-state index in [1.807, 2.05) is 17.5 Å². The van der Waals surface area contributed by atoms with E-state index in [2.05, 4.69) is 57.5 Å². The maximum atomic E-state index is 5.53. The summed E-state index contributed by atoms with van der Waals surface area (Å²) in [4.78, 5) is 8.11. The van der Waals surface area contributed by atoms with E-state index in [0.29, 0.717) is 24.3 Å². The molecule has 0 bridgehead atoms. The van der Waals surface area contributed by atoms with Gasteiger partial charge in [0.05, 0.1) is 11.4 Å². The Kier molecular flexibility index (Phi) is 4.03. The quantitative estimate of drug-likeness (QED) is 0.495. The summed E-state index contributed by atoms with van der Waals surface area (Å²) in [6.07, 6.45) is 2.36. The molecule has 0 spiro atoms. The Hall–Kier alpha value is -2.50. The highest BCUT2D eigenvalue weighted by atomic mass is 32.1. The van der Waals surface area contributed by atoms with Gasteiger partial charge in [0.2, 0.25) is 11.7 Å². The molecule has 3 heterocycles. The van der Waals surface area contributed by atoms with Gasteiger partial charge < -0.3 is 4.52 Å². The van der Waals surface area contributed by atoms with Gasteiger partial charge in [-0.3, -0.25) is 4.90 Å². The topological polar surface area (TPSA) is 42.2 Å². The Morgan fingerprint density at radius 3 is 2.92 bits per heavy atom. The lowest BCUT2D eigenvalue weighted by molar-refractivity contribution is 0.213. The van der Waals surface area contributed by atoms with Gasteiger partial charge in [-0.05, 0) is 47.2 Å². The van der Waals surface area contributed by atoms with Gasteiger partial charge in [-0.25, -0.2) is 0 Å². The first-order valence-electron chi connectivity index (χ1n) is 8.97. The Morgan fingerprint density at radius 1 is 1.08 bits per heavy atom. The number of hydrogen-bond donors (Lipinski definition) is 0. The summed E-state index contributed by atoms with van der Waals surface area (Å²) in [5, 5.41) is 8.82. The molecule has 0 N–H and O–H groups in total. The summed E-state index contributed by atoms with van der Waals surface area (Å²) >= 11 is 1.63. The molecule has 1 saturated heterocycles. The van der Waals surface area contributed by atoms with Gasteiger partial charge in [-0.1, -0.05) is 53.7 Å². The van der Waals surface area contributed by atoms with E-state index in [-0.39, 0.29) is 0 Å². The van der Waals surface area contributed by atoms with Crippen molar-refractivity contribution in [1.29, 1.82) is 0 Å². The van der Waals surface area contributed by atoms with Gasteiger partial charge in [0.15, 0.2) is 0 Å². The van der Waals surface area contributed by atoms with Crippen LogP contribution >= 0.6 is 11.3 Å². The number of nitrogens with zero attached hydrogens (tertiary/aromatic N) is 3. The normalized spacial score (nSPS) is 17.9. The van der Waals surface area contributed by atoms with Crippen molar-refractivity contribution in [2.45, 2.75) is 25.4 Å².